The van der Waals surface area contributed by atoms with Crippen molar-refractivity contribution in [1.82, 2.24) is 10.6 Å². The van der Waals surface area contributed by atoms with E-state index in [-0.39, 0.29) is 6.09 Å². The van der Waals surface area contributed by atoms with Gasteiger partial charge in [0.1, 0.15) is 0 Å². The molecule has 2 fully saturated rings. The summed E-state index contributed by atoms with van der Waals surface area (Å²) in [5.41, 5.74) is 0. The molecule has 2 unspecified atom stereocenters. The van der Waals surface area contributed by atoms with E-state index in [0.29, 0.717) is 18.6 Å². The van der Waals surface area contributed by atoms with Gasteiger partial charge in [0.2, 0.25) is 0 Å². The molecule has 0 spiro atoms. The lowest BCUT2D eigenvalue weighted by Gasteiger charge is -2.35. The van der Waals surface area contributed by atoms with Crippen LogP contribution in [0.1, 0.15) is 6.42 Å². The average Bonchev–Trinajstić information content (AvgIpc) is 2.04. The average molecular weight is 156 g/mol. The number of ether oxygens (including phenoxy) is 1. The zero-order valence-corrected chi connectivity index (χ0v) is 6.30. The molecule has 0 aromatic rings. The van der Waals surface area contributed by atoms with Crippen LogP contribution in [0.5, 0.6) is 0 Å². The van der Waals surface area contributed by atoms with Crippen molar-refractivity contribution in [3.63, 3.8) is 0 Å². The molecule has 0 bridgehead atoms. The van der Waals surface area contributed by atoms with Gasteiger partial charge in [-0.15, -0.1) is 0 Å². The van der Waals surface area contributed by atoms with Crippen LogP contribution in [-0.2, 0) is 4.74 Å². The Labute approximate surface area is 65.3 Å². The lowest BCUT2D eigenvalue weighted by Crippen LogP contribution is -2.56. The summed E-state index contributed by atoms with van der Waals surface area (Å²) in [6.45, 7) is 2.53. The van der Waals surface area contributed by atoms with Gasteiger partial charge in [-0.1, -0.05) is 0 Å². The van der Waals surface area contributed by atoms with E-state index in [9.17, 15) is 4.79 Å². The minimum atomic E-state index is -0.269. The minimum Gasteiger partial charge on any atom is -0.449 e. The van der Waals surface area contributed by atoms with Crippen LogP contribution in [0.25, 0.3) is 0 Å². The summed E-state index contributed by atoms with van der Waals surface area (Å²) in [6.07, 6.45) is 0.834. The largest absolute Gasteiger partial charge is 0.449 e. The van der Waals surface area contributed by atoms with Crippen LogP contribution in [0, 0.1) is 5.92 Å². The first-order chi connectivity index (χ1) is 5.36. The molecule has 0 radical (unpaired) electrons. The lowest BCUT2D eigenvalue weighted by atomic mass is 9.93. The molecule has 2 aliphatic rings. The van der Waals surface area contributed by atoms with Crippen molar-refractivity contribution in [3.8, 4) is 0 Å². The highest BCUT2D eigenvalue weighted by molar-refractivity contribution is 5.68. The summed E-state index contributed by atoms with van der Waals surface area (Å²) in [5.74, 6) is 0.522. The van der Waals surface area contributed by atoms with Gasteiger partial charge in [0, 0.05) is 12.5 Å². The standard InChI is InChI=1S/C7H12N2O2/c10-7-9-6-3-8-2-1-5(6)4-11-7/h5-6,8H,1-4H2,(H,9,10). The van der Waals surface area contributed by atoms with E-state index in [1.54, 1.807) is 0 Å². The van der Waals surface area contributed by atoms with E-state index in [2.05, 4.69) is 10.6 Å². The maximum absolute atomic E-state index is 10.8. The number of carbonyl (C=O) groups excluding carboxylic acids is 1. The van der Waals surface area contributed by atoms with Crippen LogP contribution in [0.4, 0.5) is 4.79 Å². The van der Waals surface area contributed by atoms with Crippen LogP contribution in [0.2, 0.25) is 0 Å². The maximum Gasteiger partial charge on any atom is 0.407 e. The summed E-state index contributed by atoms with van der Waals surface area (Å²) < 4.78 is 4.87. The number of rotatable bonds is 0. The molecule has 0 aromatic carbocycles. The van der Waals surface area contributed by atoms with E-state index >= 15 is 0 Å². The summed E-state index contributed by atoms with van der Waals surface area (Å²) in [5, 5.41) is 6.03. The Kier molecular flexibility index (Phi) is 1.69. The Morgan fingerprint density at radius 1 is 1.55 bits per heavy atom. The quantitative estimate of drug-likeness (QED) is 0.506. The van der Waals surface area contributed by atoms with Crippen LogP contribution >= 0.6 is 0 Å². The smallest absolute Gasteiger partial charge is 0.407 e. The fraction of sp³-hybridized carbons (Fsp3) is 0.857. The van der Waals surface area contributed by atoms with Crippen molar-refractivity contribution in [3.05, 3.63) is 0 Å². The first-order valence-corrected chi connectivity index (χ1v) is 4.00. The lowest BCUT2D eigenvalue weighted by molar-refractivity contribution is 0.0692. The topological polar surface area (TPSA) is 50.4 Å². The Hall–Kier alpha value is -0.770. The van der Waals surface area contributed by atoms with E-state index in [4.69, 9.17) is 4.74 Å². The molecule has 2 atom stereocenters. The van der Waals surface area contributed by atoms with E-state index in [0.717, 1.165) is 19.5 Å². The number of carbonyl (C=O) groups is 1. The van der Waals surface area contributed by atoms with Crippen LogP contribution < -0.4 is 10.6 Å². The second-order valence-corrected chi connectivity index (χ2v) is 3.10. The Morgan fingerprint density at radius 2 is 2.45 bits per heavy atom. The second kappa shape index (κ2) is 2.70. The van der Waals surface area contributed by atoms with Crippen molar-refractivity contribution >= 4 is 6.09 Å². The van der Waals surface area contributed by atoms with Gasteiger partial charge >= 0.3 is 6.09 Å². The Morgan fingerprint density at radius 3 is 3.36 bits per heavy atom. The predicted molar refractivity (Wildman–Crippen MR) is 39.2 cm³/mol. The Balaban J connectivity index is 1.98. The number of alkyl carbamates (subject to hydrolysis) is 1. The number of fused-ring (bicyclic) bond motifs is 1. The summed E-state index contributed by atoms with van der Waals surface area (Å²) in [6, 6.07) is 0.296. The highest BCUT2D eigenvalue weighted by atomic mass is 16.6. The molecule has 1 amide bonds. The van der Waals surface area contributed by atoms with Gasteiger partial charge in [-0.3, -0.25) is 0 Å². The molecule has 11 heavy (non-hydrogen) atoms. The fourth-order valence-electron chi connectivity index (χ4n) is 1.66. The van der Waals surface area contributed by atoms with Crippen LogP contribution in [0.3, 0.4) is 0 Å². The zero-order chi connectivity index (χ0) is 7.68. The van der Waals surface area contributed by atoms with Crippen molar-refractivity contribution in [2.75, 3.05) is 19.7 Å². The van der Waals surface area contributed by atoms with E-state index < -0.39 is 0 Å². The highest BCUT2D eigenvalue weighted by Gasteiger charge is 2.31. The molecule has 0 aromatic heterocycles. The normalized spacial score (nSPS) is 36.9. The molecule has 0 aliphatic carbocycles. The highest BCUT2D eigenvalue weighted by Crippen LogP contribution is 2.16. The fourth-order valence-corrected chi connectivity index (χ4v) is 1.66. The summed E-state index contributed by atoms with van der Waals surface area (Å²) in [4.78, 5) is 10.8. The van der Waals surface area contributed by atoms with Gasteiger partial charge in [-0.2, -0.15) is 0 Å². The molecular formula is C7H12N2O2. The maximum atomic E-state index is 10.8. The van der Waals surface area contributed by atoms with Gasteiger partial charge in [-0.05, 0) is 13.0 Å². The van der Waals surface area contributed by atoms with Crippen LogP contribution in [0.15, 0.2) is 0 Å². The molecule has 2 saturated heterocycles. The molecule has 4 nitrogen and oxygen atoms in total. The molecule has 62 valence electrons. The molecule has 2 heterocycles. The predicted octanol–water partition coefficient (Wildman–Crippen LogP) is -0.296. The third-order valence-electron chi connectivity index (χ3n) is 2.36. The number of hydrogen-bond acceptors (Lipinski definition) is 3. The van der Waals surface area contributed by atoms with Gasteiger partial charge in [0.05, 0.1) is 12.6 Å². The van der Waals surface area contributed by atoms with Gasteiger partial charge in [0.25, 0.3) is 0 Å². The first kappa shape index (κ1) is 6.91. The number of amides is 1. The number of piperidine rings is 1. The summed E-state index contributed by atoms with van der Waals surface area (Å²) >= 11 is 0. The molecule has 2 rings (SSSR count). The molecule has 2 N–H and O–H groups in total. The van der Waals surface area contributed by atoms with Crippen molar-refractivity contribution in [2.45, 2.75) is 12.5 Å². The van der Waals surface area contributed by atoms with Crippen LogP contribution in [-0.4, -0.2) is 31.8 Å². The van der Waals surface area contributed by atoms with Crippen molar-refractivity contribution in [1.29, 1.82) is 0 Å². The zero-order valence-electron chi connectivity index (χ0n) is 6.30. The Bertz CT molecular complexity index is 172. The van der Waals surface area contributed by atoms with Gasteiger partial charge in [-0.25, -0.2) is 4.79 Å². The monoisotopic (exact) mass is 156 g/mol. The number of cyclic esters (lactones) is 1. The molecular weight excluding hydrogens is 144 g/mol. The van der Waals surface area contributed by atoms with Crippen molar-refractivity contribution in [2.24, 2.45) is 5.92 Å². The third-order valence-corrected chi connectivity index (χ3v) is 2.36. The van der Waals surface area contributed by atoms with Crippen molar-refractivity contribution < 1.29 is 9.53 Å². The summed E-state index contributed by atoms with van der Waals surface area (Å²) in [7, 11) is 0. The minimum absolute atomic E-state index is 0.269. The number of nitrogens with one attached hydrogen (secondary N) is 2. The third kappa shape index (κ3) is 1.30. The number of hydrogen-bond donors (Lipinski definition) is 2. The SMILES string of the molecule is O=C1NC2CNCCC2CO1. The molecule has 4 heteroatoms. The first-order valence-electron chi connectivity index (χ1n) is 4.00. The molecule has 2 aliphatic heterocycles. The van der Waals surface area contributed by atoms with Gasteiger partial charge in [0.15, 0.2) is 0 Å². The van der Waals surface area contributed by atoms with E-state index in [1.165, 1.54) is 0 Å². The molecule has 0 saturated carbocycles. The van der Waals surface area contributed by atoms with E-state index in [1.807, 2.05) is 0 Å². The van der Waals surface area contributed by atoms with Gasteiger partial charge < -0.3 is 15.4 Å². The second-order valence-electron chi connectivity index (χ2n) is 3.10.